The minimum atomic E-state index is -1.51. The van der Waals surface area contributed by atoms with Crippen LogP contribution in [0.5, 0.6) is 0 Å². The summed E-state index contributed by atoms with van der Waals surface area (Å²) in [7, 11) is 0. The maximum absolute atomic E-state index is 14.6. The molecule has 1 aliphatic heterocycles. The fraction of sp³-hybridized carbons (Fsp3) is 0.548. The summed E-state index contributed by atoms with van der Waals surface area (Å²) in [6.07, 6.45) is 6.18. The number of nitrogens with one attached hydrogen (secondary N) is 11. The summed E-state index contributed by atoms with van der Waals surface area (Å²) in [6.45, 7) is 7.67. The molecule has 3 heterocycles. The topological polar surface area (TPSA) is 440 Å². The maximum Gasteiger partial charge on any atom is 0.326 e. The van der Waals surface area contributed by atoms with Gasteiger partial charge in [0, 0.05) is 60.0 Å². The Kier molecular flexibility index (Phi) is 29.2. The van der Waals surface area contributed by atoms with Crippen LogP contribution in [0, 0.1) is 11.8 Å². The van der Waals surface area contributed by atoms with Gasteiger partial charge in [-0.1, -0.05) is 70.5 Å². The van der Waals surface area contributed by atoms with Crippen molar-refractivity contribution in [3.8, 4) is 0 Å². The Morgan fingerprint density at radius 1 is 0.626 bits per heavy atom. The summed E-state index contributed by atoms with van der Waals surface area (Å²) in [4.78, 5) is 170. The van der Waals surface area contributed by atoms with Crippen molar-refractivity contribution in [1.82, 2.24) is 62.7 Å². The summed E-state index contributed by atoms with van der Waals surface area (Å²) >= 11 is 1.40. The number of nitrogens with two attached hydrogens (primary N) is 2. The second-order valence-electron chi connectivity index (χ2n) is 23.3. The van der Waals surface area contributed by atoms with Gasteiger partial charge in [0.1, 0.15) is 54.4 Å². The van der Waals surface area contributed by atoms with E-state index in [0.717, 1.165) is 27.4 Å². The van der Waals surface area contributed by atoms with E-state index in [9.17, 15) is 67.7 Å². The van der Waals surface area contributed by atoms with Gasteiger partial charge in [-0.05, 0) is 112 Å². The van der Waals surface area contributed by atoms with Crippen LogP contribution in [0.25, 0.3) is 21.8 Å². The van der Waals surface area contributed by atoms with Crippen LogP contribution in [-0.4, -0.2) is 189 Å². The number of hydrogen-bond donors (Lipinski definition) is 15. The van der Waals surface area contributed by atoms with Crippen molar-refractivity contribution in [1.29, 1.82) is 0 Å². The molecular weight excluding hydrogens is 1200 g/mol. The number of likely N-dealkylation sites (tertiary alicyclic amines) is 1. The number of para-hydroxylation sites is 2. The van der Waals surface area contributed by atoms with Crippen molar-refractivity contribution in [3.63, 3.8) is 0 Å². The maximum atomic E-state index is 14.6. The third-order valence-corrected chi connectivity index (χ3v) is 16.5. The zero-order valence-corrected chi connectivity index (χ0v) is 53.3. The molecule has 0 unspecified atom stereocenters. The first-order valence-corrected chi connectivity index (χ1v) is 32.2. The van der Waals surface area contributed by atoms with Crippen molar-refractivity contribution in [2.45, 2.75) is 166 Å². The first kappa shape index (κ1) is 73.2. The normalized spacial score (nSPS) is 16.0. The molecule has 1 saturated heterocycles. The van der Waals surface area contributed by atoms with E-state index in [4.69, 9.17) is 11.5 Å². The molecule has 10 atom stereocenters. The third-order valence-electron chi connectivity index (χ3n) is 15.9. The van der Waals surface area contributed by atoms with Gasteiger partial charge in [0.05, 0.1) is 13.1 Å². The third kappa shape index (κ3) is 22.1. The molecule has 0 radical (unpaired) electrons. The SMILES string of the molecule is CC[C@H](C)[C@H](NC(=O)[C@@H]1CCCN1C(=O)[C@H](CCC(=O)O)NC(=O)[C@H](CC(C)C)NC(=O)[C@H](CCSC)NC(=O)[C@H](Cc1c[nH]c2ccccc12)NC(=O)CN)C(=O)N[C@@H](C)C(=O)NCC(=O)N[C@@H](CCCCN)C(=O)N[C@@H](Cc1c[nH]c2ccccc12)C(=O)O. The van der Waals surface area contributed by atoms with Crippen LogP contribution >= 0.6 is 11.8 Å². The summed E-state index contributed by atoms with van der Waals surface area (Å²) in [5, 5.41) is 45.1. The molecule has 1 fully saturated rings. The number of benzene rings is 2. The van der Waals surface area contributed by atoms with E-state index < -0.39 is 157 Å². The lowest BCUT2D eigenvalue weighted by Gasteiger charge is -2.32. The molecule has 10 amide bonds. The number of rotatable bonds is 38. The minimum Gasteiger partial charge on any atom is -0.481 e. The van der Waals surface area contributed by atoms with Gasteiger partial charge in [0.2, 0.25) is 59.1 Å². The largest absolute Gasteiger partial charge is 0.481 e. The summed E-state index contributed by atoms with van der Waals surface area (Å²) in [6, 6.07) is 3.24. The first-order chi connectivity index (χ1) is 43.4. The molecule has 0 aliphatic carbocycles. The Labute approximate surface area is 532 Å². The number of fused-ring (bicyclic) bond motifs is 2. The minimum absolute atomic E-state index is 0.0190. The highest BCUT2D eigenvalue weighted by atomic mass is 32.2. The van der Waals surface area contributed by atoms with Crippen LogP contribution in [-0.2, 0) is 70.4 Å². The molecule has 5 rings (SSSR count). The zero-order chi connectivity index (χ0) is 66.9. The first-order valence-electron chi connectivity index (χ1n) is 30.8. The molecule has 498 valence electrons. The Morgan fingerprint density at radius 3 is 1.75 bits per heavy atom. The number of thioether (sulfide) groups is 1. The van der Waals surface area contributed by atoms with Gasteiger partial charge in [-0.25, -0.2) is 4.79 Å². The van der Waals surface area contributed by atoms with Gasteiger partial charge >= 0.3 is 11.9 Å². The predicted octanol–water partition coefficient (Wildman–Crippen LogP) is 0.322. The fourth-order valence-corrected chi connectivity index (χ4v) is 11.1. The monoisotopic (exact) mass is 1290 g/mol. The van der Waals surface area contributed by atoms with E-state index in [1.54, 1.807) is 52.4 Å². The lowest BCUT2D eigenvalue weighted by molar-refractivity contribution is -0.144. The fourth-order valence-electron chi connectivity index (χ4n) is 10.7. The number of H-pyrrole nitrogens is 2. The number of amides is 10. The standard InChI is InChI=1S/C62H90N14O14S/c1-7-35(4)53(60(87)68-36(5)54(81)67-33-51(78)69-43(19-12-13-24-63)55(82)74-48(62(89)90)29-38-32-66-42-18-11-9-16-40(38)42)75-59(86)49-20-14-25-76(49)61(88)45(21-22-52(79)80)72-57(84)46(27-34(2)3)73-56(83)44(23-26-91-6)71-58(85)47(70-50(77)30-64)28-37-31-65-41-17-10-8-15-39(37)41/h8-11,15-18,31-32,34-36,43-49,53,65-66H,7,12-14,19-30,33,63-64H2,1-6H3,(H,67,81)(H,68,87)(H,69,78)(H,70,77)(H,71,85)(H,72,84)(H,73,83)(H,74,82)(H,75,86)(H,79,80)(H,89,90)/t35-,36-,43-,44-,45-,46-,47-,48-,49-,53-/m0/s1. The average Bonchev–Trinajstić information content (AvgIpc) is 2.79. The number of aromatic amines is 2. The predicted molar refractivity (Wildman–Crippen MR) is 341 cm³/mol. The highest BCUT2D eigenvalue weighted by Crippen LogP contribution is 2.24. The van der Waals surface area contributed by atoms with Crippen LogP contribution in [0.2, 0.25) is 0 Å². The molecule has 91 heavy (non-hydrogen) atoms. The molecule has 29 heteroatoms. The average molecular weight is 1290 g/mol. The molecule has 0 saturated carbocycles. The van der Waals surface area contributed by atoms with Crippen molar-refractivity contribution in [2.24, 2.45) is 23.3 Å². The van der Waals surface area contributed by atoms with E-state index in [1.165, 1.54) is 23.6 Å². The molecule has 4 aromatic rings. The number of carbonyl (C=O) groups excluding carboxylic acids is 10. The van der Waals surface area contributed by atoms with Crippen molar-refractivity contribution >= 4 is 105 Å². The number of aliphatic carboxylic acids is 2. The van der Waals surface area contributed by atoms with E-state index in [2.05, 4.69) is 57.8 Å². The number of hydrogen-bond acceptors (Lipinski definition) is 15. The molecular formula is C62H90N14O14S. The summed E-state index contributed by atoms with van der Waals surface area (Å²) in [5.41, 5.74) is 14.3. The molecule has 0 bridgehead atoms. The summed E-state index contributed by atoms with van der Waals surface area (Å²) in [5.74, 6) is -10.5. The Balaban J connectivity index is 1.22. The number of nitrogens with zero attached hydrogens (tertiary/aromatic N) is 1. The van der Waals surface area contributed by atoms with Crippen LogP contribution in [0.15, 0.2) is 60.9 Å². The molecule has 17 N–H and O–H groups in total. The van der Waals surface area contributed by atoms with Gasteiger partial charge < -0.3 is 84.4 Å². The zero-order valence-electron chi connectivity index (χ0n) is 52.4. The van der Waals surface area contributed by atoms with E-state index in [-0.39, 0.29) is 51.0 Å². The van der Waals surface area contributed by atoms with E-state index >= 15 is 0 Å². The number of carboxylic acids is 2. The van der Waals surface area contributed by atoms with Crippen molar-refractivity contribution in [2.75, 3.05) is 38.2 Å². The van der Waals surface area contributed by atoms with Gasteiger partial charge in [0.25, 0.3) is 0 Å². The highest BCUT2D eigenvalue weighted by Gasteiger charge is 2.41. The second-order valence-corrected chi connectivity index (χ2v) is 24.3. The van der Waals surface area contributed by atoms with E-state index in [1.807, 2.05) is 42.5 Å². The quantitative estimate of drug-likeness (QED) is 0.0269. The Bertz CT molecular complexity index is 3190. The van der Waals surface area contributed by atoms with Crippen LogP contribution in [0.1, 0.15) is 110 Å². The summed E-state index contributed by atoms with van der Waals surface area (Å²) < 4.78 is 0. The molecule has 2 aromatic carbocycles. The van der Waals surface area contributed by atoms with Crippen molar-refractivity contribution in [3.05, 3.63) is 72.1 Å². The highest BCUT2D eigenvalue weighted by molar-refractivity contribution is 7.98. The van der Waals surface area contributed by atoms with Crippen LogP contribution < -0.4 is 59.3 Å². The number of carboxylic acid groups (broad SMARTS) is 2. The second kappa shape index (κ2) is 36.3. The van der Waals surface area contributed by atoms with Crippen LogP contribution in [0.3, 0.4) is 0 Å². The van der Waals surface area contributed by atoms with E-state index in [0.29, 0.717) is 43.5 Å². The number of unbranched alkanes of at least 4 members (excludes halogenated alkanes) is 1. The smallest absolute Gasteiger partial charge is 0.326 e. The van der Waals surface area contributed by atoms with Gasteiger partial charge in [-0.2, -0.15) is 11.8 Å². The van der Waals surface area contributed by atoms with Crippen molar-refractivity contribution < 1.29 is 67.7 Å². The molecule has 2 aromatic heterocycles. The molecule has 28 nitrogen and oxygen atoms in total. The number of aromatic nitrogens is 2. The lowest BCUT2D eigenvalue weighted by atomic mass is 9.97. The number of carbonyl (C=O) groups is 12. The Morgan fingerprint density at radius 2 is 1.18 bits per heavy atom. The molecule has 1 aliphatic rings. The molecule has 0 spiro atoms. The van der Waals surface area contributed by atoms with Gasteiger partial charge in [-0.3, -0.25) is 52.7 Å². The van der Waals surface area contributed by atoms with Crippen LogP contribution in [0.4, 0.5) is 0 Å². The van der Waals surface area contributed by atoms with Gasteiger partial charge in [-0.15, -0.1) is 0 Å². The lowest BCUT2D eigenvalue weighted by Crippen LogP contribution is -2.60. The van der Waals surface area contributed by atoms with Gasteiger partial charge in [0.15, 0.2) is 0 Å². The Hall–Kier alpha value is -8.57.